The molecular formula is C36H39NO4. The highest BCUT2D eigenvalue weighted by atomic mass is 16.5. The van der Waals surface area contributed by atoms with Gasteiger partial charge in [-0.1, -0.05) is 109 Å². The van der Waals surface area contributed by atoms with Crippen LogP contribution in [0.15, 0.2) is 91.0 Å². The van der Waals surface area contributed by atoms with Crippen LogP contribution < -0.4 is 10.1 Å². The molecule has 0 spiro atoms. The number of benzene rings is 4. The van der Waals surface area contributed by atoms with Crippen molar-refractivity contribution in [2.24, 2.45) is 0 Å². The molecule has 0 saturated heterocycles. The van der Waals surface area contributed by atoms with Gasteiger partial charge in [-0.3, -0.25) is 4.79 Å². The molecule has 5 nitrogen and oxygen atoms in total. The summed E-state index contributed by atoms with van der Waals surface area (Å²) >= 11 is 0. The van der Waals surface area contributed by atoms with Crippen LogP contribution in [0.4, 0.5) is 0 Å². The van der Waals surface area contributed by atoms with Crippen LogP contribution in [0.1, 0.15) is 59.2 Å². The zero-order valence-electron chi connectivity index (χ0n) is 24.0. The van der Waals surface area contributed by atoms with Gasteiger partial charge in [-0.15, -0.1) is 0 Å². The van der Waals surface area contributed by atoms with Crippen LogP contribution >= 0.6 is 0 Å². The molecule has 0 atom stereocenters. The molecular weight excluding hydrogens is 510 g/mol. The lowest BCUT2D eigenvalue weighted by molar-refractivity contribution is -0.139. The van der Waals surface area contributed by atoms with Crippen molar-refractivity contribution in [3.63, 3.8) is 0 Å². The molecule has 4 aromatic carbocycles. The summed E-state index contributed by atoms with van der Waals surface area (Å²) in [5.41, 5.74) is 7.13. The molecule has 0 aliphatic rings. The van der Waals surface area contributed by atoms with E-state index in [1.807, 2.05) is 80.6 Å². The van der Waals surface area contributed by atoms with Crippen molar-refractivity contribution in [2.75, 3.05) is 13.2 Å². The molecule has 212 valence electrons. The SMILES string of the molecule is Cc1cccc(-c2cc(C(=O)NCCCCCCCc3ccccc3)cc(-c3cccc(C)c3)c2OCC(=O)O)c1. The molecule has 0 aliphatic heterocycles. The summed E-state index contributed by atoms with van der Waals surface area (Å²) in [4.78, 5) is 24.8. The van der Waals surface area contributed by atoms with Crippen molar-refractivity contribution in [1.82, 2.24) is 5.32 Å². The summed E-state index contributed by atoms with van der Waals surface area (Å²) in [6.45, 7) is 4.13. The van der Waals surface area contributed by atoms with Crippen LogP contribution in [-0.2, 0) is 11.2 Å². The number of hydrogen-bond acceptors (Lipinski definition) is 3. The Hall–Kier alpha value is -4.38. The number of carbonyl (C=O) groups is 2. The van der Waals surface area contributed by atoms with Gasteiger partial charge in [0.05, 0.1) is 0 Å². The number of aryl methyl sites for hydroxylation is 3. The van der Waals surface area contributed by atoms with Crippen molar-refractivity contribution in [2.45, 2.75) is 52.4 Å². The highest BCUT2D eigenvalue weighted by molar-refractivity contribution is 5.99. The maximum atomic E-state index is 13.4. The molecule has 41 heavy (non-hydrogen) atoms. The monoisotopic (exact) mass is 549 g/mol. The Kier molecular flexibility index (Phi) is 10.7. The lowest BCUT2D eigenvalue weighted by atomic mass is 9.93. The van der Waals surface area contributed by atoms with Gasteiger partial charge in [0.2, 0.25) is 0 Å². The number of hydrogen-bond donors (Lipinski definition) is 2. The number of rotatable bonds is 14. The number of carboxylic acid groups (broad SMARTS) is 1. The fraction of sp³-hybridized carbons (Fsp3) is 0.278. The van der Waals surface area contributed by atoms with Gasteiger partial charge in [0.15, 0.2) is 6.61 Å². The number of unbranched alkanes of at least 4 members (excludes halogenated alkanes) is 4. The summed E-state index contributed by atoms with van der Waals surface area (Å²) < 4.78 is 5.90. The Morgan fingerprint density at radius 1 is 0.707 bits per heavy atom. The van der Waals surface area contributed by atoms with Gasteiger partial charge in [-0.25, -0.2) is 4.79 Å². The van der Waals surface area contributed by atoms with E-state index < -0.39 is 12.6 Å². The molecule has 0 radical (unpaired) electrons. The van der Waals surface area contributed by atoms with Crippen molar-refractivity contribution < 1.29 is 19.4 Å². The minimum Gasteiger partial charge on any atom is -0.481 e. The van der Waals surface area contributed by atoms with Crippen LogP contribution in [0, 0.1) is 13.8 Å². The lowest BCUT2D eigenvalue weighted by Gasteiger charge is -2.18. The standard InChI is InChI=1S/C36H39NO4/c1-26-13-11-18-29(21-26)32-23-31(24-33(35(32)41-25-34(38)39)30-19-12-14-27(2)22-30)36(40)37-20-10-5-3-4-7-15-28-16-8-6-9-17-28/h6,8-9,11-14,16-19,21-24H,3-5,7,10,15,20,25H2,1-2H3,(H,37,40)(H,38,39). The number of aliphatic carboxylic acids is 1. The van der Waals surface area contributed by atoms with Gasteiger partial charge in [0.25, 0.3) is 5.91 Å². The van der Waals surface area contributed by atoms with Crippen LogP contribution in [0.3, 0.4) is 0 Å². The second kappa shape index (κ2) is 14.8. The van der Waals surface area contributed by atoms with Crippen LogP contribution in [-0.4, -0.2) is 30.1 Å². The van der Waals surface area contributed by atoms with Gasteiger partial charge in [-0.2, -0.15) is 0 Å². The van der Waals surface area contributed by atoms with E-state index in [-0.39, 0.29) is 5.91 Å². The average molecular weight is 550 g/mol. The molecule has 0 bridgehead atoms. The summed E-state index contributed by atoms with van der Waals surface area (Å²) in [5, 5.41) is 12.5. The highest BCUT2D eigenvalue weighted by Gasteiger charge is 2.20. The molecule has 0 fully saturated rings. The fourth-order valence-electron chi connectivity index (χ4n) is 5.04. The van der Waals surface area contributed by atoms with Gasteiger partial charge in [0, 0.05) is 23.2 Å². The lowest BCUT2D eigenvalue weighted by Crippen LogP contribution is -2.24. The first-order chi connectivity index (χ1) is 19.9. The predicted octanol–water partition coefficient (Wildman–Crippen LogP) is 8.02. The summed E-state index contributed by atoms with van der Waals surface area (Å²) in [6, 6.07) is 30.0. The van der Waals surface area contributed by atoms with Crippen molar-refractivity contribution >= 4 is 11.9 Å². The highest BCUT2D eigenvalue weighted by Crippen LogP contribution is 2.41. The normalized spacial score (nSPS) is 10.8. The van der Waals surface area contributed by atoms with Crippen molar-refractivity contribution in [3.05, 3.63) is 113 Å². The Labute approximate surface area is 243 Å². The second-order valence-corrected chi connectivity index (χ2v) is 10.6. The van der Waals surface area contributed by atoms with Gasteiger partial charge in [-0.05, 0) is 61.9 Å². The van der Waals surface area contributed by atoms with Crippen LogP contribution in [0.2, 0.25) is 0 Å². The summed E-state index contributed by atoms with van der Waals surface area (Å²) in [5.74, 6) is -0.755. The predicted molar refractivity (Wildman–Crippen MR) is 165 cm³/mol. The number of carbonyl (C=O) groups excluding carboxylic acids is 1. The zero-order valence-corrected chi connectivity index (χ0v) is 24.0. The molecule has 1 amide bonds. The first-order valence-electron chi connectivity index (χ1n) is 14.4. The van der Waals surface area contributed by atoms with Crippen molar-refractivity contribution in [3.8, 4) is 28.0 Å². The van der Waals surface area contributed by atoms with Crippen molar-refractivity contribution in [1.29, 1.82) is 0 Å². The number of ether oxygens (including phenoxy) is 1. The molecule has 4 rings (SSSR count). The van der Waals surface area contributed by atoms with E-state index in [1.54, 1.807) is 0 Å². The number of carboxylic acids is 1. The van der Waals surface area contributed by atoms with E-state index in [0.717, 1.165) is 47.9 Å². The van der Waals surface area contributed by atoms with E-state index in [9.17, 15) is 14.7 Å². The number of nitrogens with one attached hydrogen (secondary N) is 1. The zero-order chi connectivity index (χ0) is 29.0. The first-order valence-corrected chi connectivity index (χ1v) is 14.4. The molecule has 0 heterocycles. The summed E-state index contributed by atoms with van der Waals surface area (Å²) in [7, 11) is 0. The van der Waals surface area contributed by atoms with Gasteiger partial charge >= 0.3 is 5.97 Å². The van der Waals surface area contributed by atoms with Crippen LogP contribution in [0.25, 0.3) is 22.3 Å². The average Bonchev–Trinajstić information content (AvgIpc) is 2.97. The topological polar surface area (TPSA) is 75.6 Å². The minimum absolute atomic E-state index is 0.151. The summed E-state index contributed by atoms with van der Waals surface area (Å²) in [6.07, 6.45) is 6.60. The second-order valence-electron chi connectivity index (χ2n) is 10.6. The Bertz CT molecular complexity index is 1400. The Balaban J connectivity index is 1.49. The third kappa shape index (κ3) is 8.81. The maximum Gasteiger partial charge on any atom is 0.341 e. The third-order valence-corrected chi connectivity index (χ3v) is 7.12. The molecule has 2 N–H and O–H groups in total. The molecule has 0 unspecified atom stereocenters. The maximum absolute atomic E-state index is 13.4. The fourth-order valence-corrected chi connectivity index (χ4v) is 5.04. The van der Waals surface area contributed by atoms with E-state index in [0.29, 0.717) is 29.0 Å². The number of amides is 1. The molecule has 0 aromatic heterocycles. The van der Waals surface area contributed by atoms with E-state index >= 15 is 0 Å². The molecule has 0 aliphatic carbocycles. The third-order valence-electron chi connectivity index (χ3n) is 7.12. The Morgan fingerprint density at radius 3 is 1.88 bits per heavy atom. The van der Waals surface area contributed by atoms with Crippen LogP contribution in [0.5, 0.6) is 5.75 Å². The van der Waals surface area contributed by atoms with Gasteiger partial charge in [0.1, 0.15) is 5.75 Å². The quantitative estimate of drug-likeness (QED) is 0.156. The van der Waals surface area contributed by atoms with Gasteiger partial charge < -0.3 is 15.2 Å². The molecule has 5 heteroatoms. The molecule has 4 aromatic rings. The molecule has 0 saturated carbocycles. The Morgan fingerprint density at radius 2 is 1.29 bits per heavy atom. The first kappa shape index (κ1) is 29.6. The van der Waals surface area contributed by atoms with E-state index in [4.69, 9.17) is 4.74 Å². The smallest absolute Gasteiger partial charge is 0.341 e. The largest absolute Gasteiger partial charge is 0.481 e. The van der Waals surface area contributed by atoms with E-state index in [2.05, 4.69) is 29.6 Å². The van der Waals surface area contributed by atoms with E-state index in [1.165, 1.54) is 18.4 Å². The minimum atomic E-state index is -1.06.